The van der Waals surface area contributed by atoms with E-state index in [0.717, 1.165) is 62.2 Å². The first kappa shape index (κ1) is 21.6. The normalized spacial score (nSPS) is 21.7. The van der Waals surface area contributed by atoms with E-state index < -0.39 is 0 Å². The summed E-state index contributed by atoms with van der Waals surface area (Å²) in [6, 6.07) is 9.70. The molecule has 3 aromatic rings. The molecule has 1 amide bonds. The van der Waals surface area contributed by atoms with E-state index in [9.17, 15) is 4.79 Å². The van der Waals surface area contributed by atoms with Crippen molar-refractivity contribution in [2.75, 3.05) is 37.6 Å². The number of carbonyl (C=O) groups is 1. The summed E-state index contributed by atoms with van der Waals surface area (Å²) in [4.78, 5) is 24.3. The zero-order valence-corrected chi connectivity index (χ0v) is 20.2. The van der Waals surface area contributed by atoms with Gasteiger partial charge in [0.25, 0.3) is 0 Å². The van der Waals surface area contributed by atoms with Crippen molar-refractivity contribution in [2.24, 2.45) is 5.92 Å². The van der Waals surface area contributed by atoms with E-state index in [1.54, 1.807) is 0 Å². The molecule has 0 unspecified atom stereocenters. The minimum atomic E-state index is 0.300. The predicted octanol–water partition coefficient (Wildman–Crippen LogP) is 4.00. The van der Waals surface area contributed by atoms with E-state index in [4.69, 9.17) is 4.98 Å². The molecule has 7 nitrogen and oxygen atoms in total. The fourth-order valence-electron chi connectivity index (χ4n) is 5.68. The molecular weight excluding hydrogens is 424 g/mol. The number of piperazine rings is 1. The van der Waals surface area contributed by atoms with Gasteiger partial charge in [-0.3, -0.25) is 14.7 Å². The lowest BCUT2D eigenvalue weighted by Gasteiger charge is -2.36. The summed E-state index contributed by atoms with van der Waals surface area (Å²) >= 11 is 0. The van der Waals surface area contributed by atoms with Gasteiger partial charge in [-0.1, -0.05) is 6.07 Å². The maximum atomic E-state index is 12.4. The average Bonchev–Trinajstić information content (AvgIpc) is 3.42. The minimum Gasteiger partial charge on any atom is -0.366 e. The van der Waals surface area contributed by atoms with Crippen molar-refractivity contribution in [3.63, 3.8) is 0 Å². The van der Waals surface area contributed by atoms with E-state index in [2.05, 4.69) is 59.2 Å². The molecule has 0 aromatic carbocycles. The van der Waals surface area contributed by atoms with Crippen LogP contribution < -0.4 is 4.90 Å². The van der Waals surface area contributed by atoms with Gasteiger partial charge in [0.1, 0.15) is 0 Å². The van der Waals surface area contributed by atoms with Crippen LogP contribution in [0.1, 0.15) is 51.3 Å². The fraction of sp³-hybridized carbons (Fsp3) is 0.519. The standard InChI is InChI=1S/C27H34N6O/c1-19(2)32-11-3-4-24(32)23-8-7-21(17-28-23)22-16-26-25(9-10-29-33(26)18-22)30-12-14-31(15-13-30)27(34)20-5-6-20/h7-10,16-20,24H,3-6,11-15H2,1-2H3/t24-/m1/s1. The average molecular weight is 459 g/mol. The first-order valence-corrected chi connectivity index (χ1v) is 12.8. The number of anilines is 1. The van der Waals surface area contributed by atoms with Crippen LogP contribution in [0.15, 0.2) is 42.9 Å². The molecule has 1 atom stereocenters. The minimum absolute atomic E-state index is 0.300. The Kier molecular flexibility index (Phi) is 5.52. The Morgan fingerprint density at radius 3 is 2.53 bits per heavy atom. The Balaban J connectivity index is 1.21. The van der Waals surface area contributed by atoms with Crippen molar-refractivity contribution in [3.8, 4) is 11.1 Å². The van der Waals surface area contributed by atoms with Crippen molar-refractivity contribution < 1.29 is 4.79 Å². The highest BCUT2D eigenvalue weighted by Crippen LogP contribution is 2.34. The topological polar surface area (TPSA) is 57.0 Å². The summed E-state index contributed by atoms with van der Waals surface area (Å²) in [6.45, 7) is 9.04. The van der Waals surface area contributed by atoms with Crippen molar-refractivity contribution >= 4 is 17.1 Å². The molecule has 2 saturated heterocycles. The lowest BCUT2D eigenvalue weighted by Crippen LogP contribution is -2.49. The highest BCUT2D eigenvalue weighted by Gasteiger charge is 2.35. The van der Waals surface area contributed by atoms with Crippen LogP contribution in [0, 0.1) is 5.92 Å². The molecule has 3 aliphatic rings. The Hall–Kier alpha value is -2.93. The predicted molar refractivity (Wildman–Crippen MR) is 134 cm³/mol. The number of rotatable bonds is 5. The van der Waals surface area contributed by atoms with Gasteiger partial charge in [0.15, 0.2) is 0 Å². The fourth-order valence-corrected chi connectivity index (χ4v) is 5.68. The molecule has 5 heterocycles. The second-order valence-corrected chi connectivity index (χ2v) is 10.3. The maximum Gasteiger partial charge on any atom is 0.225 e. The highest BCUT2D eigenvalue weighted by molar-refractivity contribution is 5.82. The van der Waals surface area contributed by atoms with Crippen LogP contribution in [0.25, 0.3) is 16.6 Å². The molecule has 0 spiro atoms. The molecular formula is C27H34N6O. The van der Waals surface area contributed by atoms with E-state index in [1.165, 1.54) is 24.2 Å². The third-order valence-corrected chi connectivity index (χ3v) is 7.76. The number of amides is 1. The molecule has 34 heavy (non-hydrogen) atoms. The van der Waals surface area contributed by atoms with Gasteiger partial charge in [-0.2, -0.15) is 5.10 Å². The van der Waals surface area contributed by atoms with Crippen LogP contribution in [0.4, 0.5) is 5.69 Å². The second kappa shape index (κ2) is 8.69. The third-order valence-electron chi connectivity index (χ3n) is 7.76. The number of hydrogen-bond acceptors (Lipinski definition) is 5. The van der Waals surface area contributed by atoms with Crippen molar-refractivity contribution in [2.45, 2.75) is 51.6 Å². The second-order valence-electron chi connectivity index (χ2n) is 10.3. The SMILES string of the molecule is CC(C)N1CCC[C@@H]1c1ccc(-c2cc3c(N4CCN(C(=O)C5CC5)CC4)ccnn3c2)cn1. The maximum absolute atomic E-state index is 12.4. The quantitative estimate of drug-likeness (QED) is 0.579. The van der Waals surface area contributed by atoms with Gasteiger partial charge in [0.05, 0.1) is 22.9 Å². The highest BCUT2D eigenvalue weighted by atomic mass is 16.2. The molecule has 3 aromatic heterocycles. The van der Waals surface area contributed by atoms with Crippen LogP contribution in [-0.4, -0.2) is 69.1 Å². The molecule has 178 valence electrons. The largest absolute Gasteiger partial charge is 0.366 e. The molecule has 1 saturated carbocycles. The molecule has 2 aliphatic heterocycles. The van der Waals surface area contributed by atoms with Crippen LogP contribution in [0.2, 0.25) is 0 Å². The van der Waals surface area contributed by atoms with Gasteiger partial charge in [-0.15, -0.1) is 0 Å². The molecule has 6 rings (SSSR count). The van der Waals surface area contributed by atoms with Crippen molar-refractivity contribution in [1.82, 2.24) is 24.4 Å². The number of aromatic nitrogens is 3. The molecule has 3 fully saturated rings. The van der Waals surface area contributed by atoms with Gasteiger partial charge in [-0.25, -0.2) is 4.52 Å². The molecule has 0 N–H and O–H groups in total. The molecule has 7 heteroatoms. The molecule has 1 aliphatic carbocycles. The Bertz CT molecular complexity index is 1170. The van der Waals surface area contributed by atoms with Crippen molar-refractivity contribution in [1.29, 1.82) is 0 Å². The summed E-state index contributed by atoms with van der Waals surface area (Å²) in [6.07, 6.45) is 10.6. The number of carbonyl (C=O) groups excluding carboxylic acids is 1. The smallest absolute Gasteiger partial charge is 0.225 e. The summed E-state index contributed by atoms with van der Waals surface area (Å²) in [5, 5.41) is 4.57. The van der Waals surface area contributed by atoms with Gasteiger partial charge in [0.2, 0.25) is 5.91 Å². The molecule has 0 bridgehead atoms. The Morgan fingerprint density at radius 2 is 1.82 bits per heavy atom. The van der Waals surface area contributed by atoms with Crippen LogP contribution in [0.5, 0.6) is 0 Å². The van der Waals surface area contributed by atoms with E-state index in [0.29, 0.717) is 23.9 Å². The number of likely N-dealkylation sites (tertiary alicyclic amines) is 1. The van der Waals surface area contributed by atoms with Crippen LogP contribution in [-0.2, 0) is 4.79 Å². The molecule has 0 radical (unpaired) electrons. The van der Waals surface area contributed by atoms with E-state index >= 15 is 0 Å². The first-order chi connectivity index (χ1) is 16.6. The van der Waals surface area contributed by atoms with Gasteiger partial charge in [0, 0.05) is 67.9 Å². The summed E-state index contributed by atoms with van der Waals surface area (Å²) in [7, 11) is 0. The summed E-state index contributed by atoms with van der Waals surface area (Å²) in [5.41, 5.74) is 5.71. The van der Waals surface area contributed by atoms with Crippen molar-refractivity contribution in [3.05, 3.63) is 48.5 Å². The van der Waals surface area contributed by atoms with E-state index in [-0.39, 0.29) is 0 Å². The summed E-state index contributed by atoms with van der Waals surface area (Å²) < 4.78 is 1.97. The van der Waals surface area contributed by atoms with Gasteiger partial charge < -0.3 is 9.80 Å². The number of nitrogens with zero attached hydrogens (tertiary/aromatic N) is 6. The van der Waals surface area contributed by atoms with E-state index in [1.807, 2.05) is 21.8 Å². The lowest BCUT2D eigenvalue weighted by molar-refractivity contribution is -0.132. The van der Waals surface area contributed by atoms with Crippen LogP contribution >= 0.6 is 0 Å². The van der Waals surface area contributed by atoms with Gasteiger partial charge in [-0.05, 0) is 64.3 Å². The number of hydrogen-bond donors (Lipinski definition) is 0. The summed E-state index contributed by atoms with van der Waals surface area (Å²) in [5.74, 6) is 0.657. The monoisotopic (exact) mass is 458 g/mol. The zero-order chi connectivity index (χ0) is 23.2. The zero-order valence-electron chi connectivity index (χ0n) is 20.2. The first-order valence-electron chi connectivity index (χ1n) is 12.8. The van der Waals surface area contributed by atoms with Crippen LogP contribution in [0.3, 0.4) is 0 Å². The van der Waals surface area contributed by atoms with Gasteiger partial charge >= 0.3 is 0 Å². The third kappa shape index (κ3) is 3.96. The lowest BCUT2D eigenvalue weighted by atomic mass is 10.1. The Morgan fingerprint density at radius 1 is 1.00 bits per heavy atom. The number of fused-ring (bicyclic) bond motifs is 1. The Labute approximate surface area is 201 Å². The number of pyridine rings is 1.